The molecule has 0 saturated heterocycles. The first-order valence-corrected chi connectivity index (χ1v) is 26.2. The van der Waals surface area contributed by atoms with Crippen LogP contribution in [0.2, 0.25) is 0 Å². The summed E-state index contributed by atoms with van der Waals surface area (Å²) in [5.41, 5.74) is 25.9. The molecule has 0 saturated carbocycles. The van der Waals surface area contributed by atoms with Crippen LogP contribution in [0.15, 0.2) is 315 Å². The Morgan fingerprint density at radius 3 is 0.895 bits per heavy atom. The highest BCUT2D eigenvalue weighted by Gasteiger charge is 2.11. The number of rotatable bonds is 8. The van der Waals surface area contributed by atoms with Crippen molar-refractivity contribution in [1.29, 1.82) is 0 Å². The summed E-state index contributed by atoms with van der Waals surface area (Å²) in [6.07, 6.45) is 0. The highest BCUT2D eigenvalue weighted by molar-refractivity contribution is 5.86. The zero-order valence-corrected chi connectivity index (χ0v) is 44.0. The van der Waals surface area contributed by atoms with Crippen LogP contribution in [-0.4, -0.2) is 0 Å². The number of aryl methyl sites for hydroxylation is 3. The molecule has 0 radical (unpaired) electrons. The highest BCUT2D eigenvalue weighted by Crippen LogP contribution is 2.36. The van der Waals surface area contributed by atoms with Crippen molar-refractivity contribution in [3.8, 4) is 89.0 Å². The van der Waals surface area contributed by atoms with Gasteiger partial charge in [0.1, 0.15) is 0 Å². The Hall–Kier alpha value is -9.36. The second kappa shape index (κ2) is 26.0. The topological polar surface area (TPSA) is 0 Å². The van der Waals surface area contributed by atoms with Gasteiger partial charge in [0, 0.05) is 0 Å². The lowest BCUT2D eigenvalue weighted by molar-refractivity contribution is 1.45. The first-order chi connectivity index (χ1) is 37.4. The SMILES string of the molecule is Cc1c(-c2ccccc2)cccc1-c1ccccc1.Cc1cc(-c2ccccc2)ccc1-c1ccccc1.Cc1ccc(-c2ccccc2)cc1-c1ccccc1.Cc1cccc(-c2ccccc2)c1-c1ccccc1. The summed E-state index contributed by atoms with van der Waals surface area (Å²) < 4.78 is 0. The molecule has 0 N–H and O–H groups in total. The van der Waals surface area contributed by atoms with E-state index in [1.807, 2.05) is 0 Å². The van der Waals surface area contributed by atoms with Gasteiger partial charge in [0.15, 0.2) is 0 Å². The molecule has 0 heterocycles. The summed E-state index contributed by atoms with van der Waals surface area (Å²) in [5, 5.41) is 0. The fraction of sp³-hybridized carbons (Fsp3) is 0.0526. The third-order valence-corrected chi connectivity index (χ3v) is 13.8. The second-order valence-corrected chi connectivity index (χ2v) is 19.0. The Labute approximate surface area is 452 Å². The standard InChI is InChI=1S/4C19H16/c1-15-9-8-14-18(16-10-4-2-5-11-16)19(15)17-12-6-3-7-13-17;1-15-18(16-9-4-2-5-10-16)13-8-14-19(15)17-11-6-3-7-12-17;1-15-14-18(16-8-4-2-5-9-16)12-13-19(15)17-10-6-3-7-11-17;1-15-12-13-18(16-8-4-2-5-9-16)14-19(15)17-10-6-3-7-11-17/h4*2-14H,1H3. The molecular weight excluding hydrogens is 913 g/mol. The summed E-state index contributed by atoms with van der Waals surface area (Å²) in [7, 11) is 0. The Balaban J connectivity index is 0.000000124. The van der Waals surface area contributed by atoms with E-state index in [2.05, 4.69) is 343 Å². The third-order valence-electron chi connectivity index (χ3n) is 13.8. The van der Waals surface area contributed by atoms with Crippen LogP contribution >= 0.6 is 0 Å². The van der Waals surface area contributed by atoms with E-state index in [0.29, 0.717) is 0 Å². The van der Waals surface area contributed by atoms with Gasteiger partial charge in [-0.25, -0.2) is 0 Å². The lowest BCUT2D eigenvalue weighted by Crippen LogP contribution is -1.88. The van der Waals surface area contributed by atoms with Crippen LogP contribution in [0.25, 0.3) is 89.0 Å². The van der Waals surface area contributed by atoms with E-state index in [0.717, 1.165) is 0 Å². The van der Waals surface area contributed by atoms with E-state index in [9.17, 15) is 0 Å². The minimum Gasteiger partial charge on any atom is -0.0622 e. The Morgan fingerprint density at radius 2 is 0.474 bits per heavy atom. The van der Waals surface area contributed by atoms with Gasteiger partial charge in [-0.2, -0.15) is 0 Å². The van der Waals surface area contributed by atoms with Crippen molar-refractivity contribution >= 4 is 0 Å². The van der Waals surface area contributed by atoms with Crippen LogP contribution in [0.4, 0.5) is 0 Å². The van der Waals surface area contributed by atoms with E-state index in [-0.39, 0.29) is 0 Å². The molecular formula is C76H64. The molecule has 0 atom stereocenters. The molecule has 12 aromatic carbocycles. The van der Waals surface area contributed by atoms with Crippen LogP contribution in [0, 0.1) is 27.7 Å². The van der Waals surface area contributed by atoms with Crippen molar-refractivity contribution in [2.45, 2.75) is 27.7 Å². The third kappa shape index (κ3) is 13.2. The van der Waals surface area contributed by atoms with Gasteiger partial charge < -0.3 is 0 Å². The number of benzene rings is 12. The van der Waals surface area contributed by atoms with Crippen molar-refractivity contribution in [3.05, 3.63) is 338 Å². The fourth-order valence-corrected chi connectivity index (χ4v) is 9.79. The molecule has 0 unspecified atom stereocenters. The number of hydrogen-bond donors (Lipinski definition) is 0. The lowest BCUT2D eigenvalue weighted by atomic mass is 9.91. The van der Waals surface area contributed by atoms with Gasteiger partial charge in [-0.15, -0.1) is 0 Å². The first-order valence-electron chi connectivity index (χ1n) is 26.2. The van der Waals surface area contributed by atoms with Gasteiger partial charge in [0.05, 0.1) is 0 Å². The Bertz CT molecular complexity index is 3550. The van der Waals surface area contributed by atoms with Crippen molar-refractivity contribution < 1.29 is 0 Å². The first kappa shape index (κ1) is 51.5. The molecule has 0 heteroatoms. The summed E-state index contributed by atoms with van der Waals surface area (Å²) in [4.78, 5) is 0. The van der Waals surface area contributed by atoms with E-state index >= 15 is 0 Å². The average molecular weight is 977 g/mol. The maximum absolute atomic E-state index is 2.28. The van der Waals surface area contributed by atoms with E-state index in [1.54, 1.807) is 0 Å². The smallest absolute Gasteiger partial charge is 0.00761 e. The van der Waals surface area contributed by atoms with Gasteiger partial charge in [0.2, 0.25) is 0 Å². The lowest BCUT2D eigenvalue weighted by Gasteiger charge is -2.13. The zero-order valence-electron chi connectivity index (χ0n) is 44.0. The van der Waals surface area contributed by atoms with Crippen LogP contribution in [0.5, 0.6) is 0 Å². The van der Waals surface area contributed by atoms with Gasteiger partial charge in [-0.05, 0) is 145 Å². The molecule has 0 aliphatic rings. The van der Waals surface area contributed by atoms with E-state index in [1.165, 1.54) is 111 Å². The summed E-state index contributed by atoms with van der Waals surface area (Å²) in [6.45, 7) is 8.71. The monoisotopic (exact) mass is 977 g/mol. The molecule has 0 amide bonds. The van der Waals surface area contributed by atoms with Crippen LogP contribution < -0.4 is 0 Å². The summed E-state index contributed by atoms with van der Waals surface area (Å²) in [5.74, 6) is 0. The molecule has 0 nitrogen and oxygen atoms in total. The summed E-state index contributed by atoms with van der Waals surface area (Å²) >= 11 is 0. The molecule has 0 aliphatic carbocycles. The van der Waals surface area contributed by atoms with Crippen LogP contribution in [0.3, 0.4) is 0 Å². The molecule has 0 bridgehead atoms. The van der Waals surface area contributed by atoms with Gasteiger partial charge in [-0.3, -0.25) is 0 Å². The quantitative estimate of drug-likeness (QED) is 0.142. The van der Waals surface area contributed by atoms with E-state index in [4.69, 9.17) is 0 Å². The predicted octanol–water partition coefficient (Wildman–Crippen LogP) is 21.3. The summed E-state index contributed by atoms with van der Waals surface area (Å²) in [6, 6.07) is 111. The highest BCUT2D eigenvalue weighted by atomic mass is 14.1. The largest absolute Gasteiger partial charge is 0.0622 e. The number of hydrogen-bond acceptors (Lipinski definition) is 0. The zero-order chi connectivity index (χ0) is 52.3. The van der Waals surface area contributed by atoms with Crippen molar-refractivity contribution in [2.75, 3.05) is 0 Å². The Kier molecular flexibility index (Phi) is 17.7. The van der Waals surface area contributed by atoms with Crippen LogP contribution in [0.1, 0.15) is 22.3 Å². The van der Waals surface area contributed by atoms with Gasteiger partial charge in [-0.1, -0.05) is 309 Å². The van der Waals surface area contributed by atoms with Gasteiger partial charge >= 0.3 is 0 Å². The Morgan fingerprint density at radius 1 is 0.158 bits per heavy atom. The van der Waals surface area contributed by atoms with Crippen molar-refractivity contribution in [1.82, 2.24) is 0 Å². The maximum atomic E-state index is 2.28. The average Bonchev–Trinajstić information content (AvgIpc) is 3.50. The maximum Gasteiger partial charge on any atom is -0.00761 e. The van der Waals surface area contributed by atoms with Crippen molar-refractivity contribution in [3.63, 3.8) is 0 Å². The van der Waals surface area contributed by atoms with Crippen LogP contribution in [-0.2, 0) is 0 Å². The predicted molar refractivity (Wildman–Crippen MR) is 328 cm³/mol. The fourth-order valence-electron chi connectivity index (χ4n) is 9.79. The molecule has 76 heavy (non-hydrogen) atoms. The molecule has 0 aliphatic heterocycles. The second-order valence-electron chi connectivity index (χ2n) is 19.0. The van der Waals surface area contributed by atoms with Gasteiger partial charge in [0.25, 0.3) is 0 Å². The minimum absolute atomic E-state index is 1.26. The molecule has 0 fully saturated rings. The molecule has 12 aromatic rings. The van der Waals surface area contributed by atoms with Crippen molar-refractivity contribution in [2.24, 2.45) is 0 Å². The molecule has 368 valence electrons. The normalized spacial score (nSPS) is 10.4. The molecule has 0 spiro atoms. The van der Waals surface area contributed by atoms with E-state index < -0.39 is 0 Å². The molecule has 12 rings (SSSR count). The molecule has 0 aromatic heterocycles. The minimum atomic E-state index is 1.26.